The third-order valence-corrected chi connectivity index (χ3v) is 5.20. The van der Waals surface area contributed by atoms with Crippen LogP contribution in [-0.2, 0) is 17.8 Å². The van der Waals surface area contributed by atoms with Crippen molar-refractivity contribution in [3.05, 3.63) is 108 Å². The number of nitrogens with one attached hydrogen (secondary N) is 1. The van der Waals surface area contributed by atoms with E-state index in [4.69, 9.17) is 0 Å². The van der Waals surface area contributed by atoms with Crippen LogP contribution < -0.4 is 10.2 Å². The maximum atomic E-state index is 13.8. The first-order valence-electron chi connectivity index (χ1n) is 10.6. The molecule has 0 saturated heterocycles. The van der Waals surface area contributed by atoms with Crippen molar-refractivity contribution < 1.29 is 18.0 Å². The summed E-state index contributed by atoms with van der Waals surface area (Å²) in [6.07, 6.45) is 4.51. The highest BCUT2D eigenvalue weighted by Gasteiger charge is 2.15. The van der Waals surface area contributed by atoms with Crippen molar-refractivity contribution in [3.8, 4) is 11.3 Å². The summed E-state index contributed by atoms with van der Waals surface area (Å²) in [6, 6.07) is 16.8. The van der Waals surface area contributed by atoms with Crippen molar-refractivity contribution in [1.29, 1.82) is 0 Å². The molecule has 5 nitrogen and oxygen atoms in total. The van der Waals surface area contributed by atoms with E-state index in [-0.39, 0.29) is 12.4 Å². The van der Waals surface area contributed by atoms with Crippen LogP contribution in [0.15, 0.2) is 79.1 Å². The monoisotopic (exact) mass is 462 g/mol. The van der Waals surface area contributed by atoms with Gasteiger partial charge in [0, 0.05) is 24.5 Å². The molecule has 0 atom stereocenters. The van der Waals surface area contributed by atoms with Crippen molar-refractivity contribution in [2.45, 2.75) is 13.0 Å². The van der Waals surface area contributed by atoms with Crippen LogP contribution in [0.1, 0.15) is 11.1 Å². The molecule has 8 heteroatoms. The van der Waals surface area contributed by atoms with E-state index >= 15 is 0 Å². The van der Waals surface area contributed by atoms with Crippen LogP contribution in [0.2, 0.25) is 0 Å². The van der Waals surface area contributed by atoms with Gasteiger partial charge < -0.3 is 10.2 Å². The molecule has 0 aliphatic heterocycles. The Balaban J connectivity index is 1.64. The number of aromatic nitrogens is 2. The molecule has 1 N–H and O–H groups in total. The first-order valence-corrected chi connectivity index (χ1v) is 10.6. The number of rotatable bonds is 9. The van der Waals surface area contributed by atoms with Crippen molar-refractivity contribution in [2.24, 2.45) is 0 Å². The maximum Gasteiger partial charge on any atom is 0.214 e. The van der Waals surface area contributed by atoms with Gasteiger partial charge >= 0.3 is 0 Å². The van der Waals surface area contributed by atoms with E-state index in [1.807, 2.05) is 12.1 Å². The topological polar surface area (TPSA) is 58.1 Å². The molecular formula is C26H21F3N4O. The third kappa shape index (κ3) is 5.58. The predicted molar refractivity (Wildman–Crippen MR) is 125 cm³/mol. The summed E-state index contributed by atoms with van der Waals surface area (Å²) in [5.41, 5.74) is 2.93. The summed E-state index contributed by atoms with van der Waals surface area (Å²) in [7, 11) is 0. The fraction of sp³-hybridized carbons (Fsp3) is 0.115. The smallest absolute Gasteiger partial charge is 0.214 e. The number of nitrogens with zero attached hydrogens (tertiary/aromatic N) is 3. The Labute approximate surface area is 194 Å². The summed E-state index contributed by atoms with van der Waals surface area (Å²) in [5.74, 6) is -1.86. The zero-order chi connectivity index (χ0) is 23.9. The molecule has 0 aliphatic carbocycles. The van der Waals surface area contributed by atoms with Crippen molar-refractivity contribution >= 4 is 17.9 Å². The summed E-state index contributed by atoms with van der Waals surface area (Å²) < 4.78 is 40.7. The second-order valence-electron chi connectivity index (χ2n) is 7.59. The Hall–Kier alpha value is -4.20. The fourth-order valence-corrected chi connectivity index (χ4v) is 3.52. The molecule has 2 aromatic heterocycles. The molecule has 0 fully saturated rings. The largest absolute Gasteiger partial charge is 0.368 e. The molecule has 4 aromatic rings. The van der Waals surface area contributed by atoms with Gasteiger partial charge in [-0.3, -0.25) is 9.78 Å². The van der Waals surface area contributed by atoms with Crippen LogP contribution in [0, 0.1) is 17.5 Å². The first kappa shape index (κ1) is 23.0. The molecule has 2 aromatic carbocycles. The predicted octanol–water partition coefficient (Wildman–Crippen LogP) is 5.38. The van der Waals surface area contributed by atoms with E-state index in [1.54, 1.807) is 36.7 Å². The number of benzene rings is 2. The van der Waals surface area contributed by atoms with Crippen LogP contribution >= 0.6 is 0 Å². The molecule has 0 unspecified atom stereocenters. The average molecular weight is 462 g/mol. The maximum absolute atomic E-state index is 13.8. The summed E-state index contributed by atoms with van der Waals surface area (Å²) in [6.45, 7) is 0.673. The molecule has 0 spiro atoms. The number of halogens is 3. The minimum Gasteiger partial charge on any atom is -0.368 e. The normalized spacial score (nSPS) is 10.7. The number of hydrogen-bond acceptors (Lipinski definition) is 4. The number of amides is 1. The fourth-order valence-electron chi connectivity index (χ4n) is 3.52. The van der Waals surface area contributed by atoms with Crippen LogP contribution in [0.5, 0.6) is 0 Å². The van der Waals surface area contributed by atoms with Gasteiger partial charge in [-0.05, 0) is 66.1 Å². The molecule has 172 valence electrons. The highest BCUT2D eigenvalue weighted by molar-refractivity contribution is 5.83. The van der Waals surface area contributed by atoms with E-state index in [0.717, 1.165) is 23.3 Å². The van der Waals surface area contributed by atoms with Crippen LogP contribution in [-0.4, -0.2) is 22.9 Å². The Kier molecular flexibility index (Phi) is 7.17. The molecule has 1 amide bonds. The lowest BCUT2D eigenvalue weighted by Gasteiger charge is -2.21. The van der Waals surface area contributed by atoms with E-state index < -0.39 is 11.6 Å². The van der Waals surface area contributed by atoms with E-state index in [2.05, 4.69) is 15.3 Å². The first-order chi connectivity index (χ1) is 16.5. The standard InChI is InChI=1S/C26H21F3N4O/c27-21-5-1-3-18(13-21)10-12-31-26-25(33(17-34)16-19-4-2-11-30-15-19)9-8-24(32-26)20-6-7-22(28)23(29)14-20/h1-9,11,13-15,17H,10,12,16H2,(H,31,32). The average Bonchev–Trinajstić information content (AvgIpc) is 2.85. The van der Waals surface area contributed by atoms with Crippen LogP contribution in [0.3, 0.4) is 0 Å². The Morgan fingerprint density at radius 2 is 1.76 bits per heavy atom. The molecule has 4 rings (SSSR count). The van der Waals surface area contributed by atoms with Gasteiger partial charge in [0.25, 0.3) is 0 Å². The minimum absolute atomic E-state index is 0.266. The molecule has 0 radical (unpaired) electrons. The van der Waals surface area contributed by atoms with Gasteiger partial charge in [-0.2, -0.15) is 0 Å². The lowest BCUT2D eigenvalue weighted by Crippen LogP contribution is -2.23. The van der Waals surface area contributed by atoms with Gasteiger partial charge in [0.15, 0.2) is 17.5 Å². The summed E-state index contributed by atoms with van der Waals surface area (Å²) in [5, 5.41) is 3.20. The number of anilines is 2. The molecule has 0 bridgehead atoms. The number of pyridine rings is 2. The Morgan fingerprint density at radius 1 is 0.912 bits per heavy atom. The highest BCUT2D eigenvalue weighted by atomic mass is 19.2. The Bertz CT molecular complexity index is 1280. The van der Waals surface area contributed by atoms with Crippen LogP contribution in [0.4, 0.5) is 24.7 Å². The lowest BCUT2D eigenvalue weighted by atomic mass is 10.1. The molecule has 0 aliphatic rings. The zero-order valence-electron chi connectivity index (χ0n) is 18.1. The van der Waals surface area contributed by atoms with Gasteiger partial charge in [-0.15, -0.1) is 0 Å². The Morgan fingerprint density at radius 3 is 2.50 bits per heavy atom. The van der Waals surface area contributed by atoms with Gasteiger partial charge in [-0.25, -0.2) is 18.2 Å². The highest BCUT2D eigenvalue weighted by Crippen LogP contribution is 2.29. The number of hydrogen-bond donors (Lipinski definition) is 1. The molecular weight excluding hydrogens is 441 g/mol. The van der Waals surface area contributed by atoms with Gasteiger partial charge in [0.2, 0.25) is 6.41 Å². The minimum atomic E-state index is -0.977. The lowest BCUT2D eigenvalue weighted by molar-refractivity contribution is -0.107. The molecule has 0 saturated carbocycles. The van der Waals surface area contributed by atoms with Crippen molar-refractivity contribution in [2.75, 3.05) is 16.8 Å². The summed E-state index contributed by atoms with van der Waals surface area (Å²) in [4.78, 5) is 22.1. The second-order valence-corrected chi connectivity index (χ2v) is 7.59. The van der Waals surface area contributed by atoms with E-state index in [9.17, 15) is 18.0 Å². The van der Waals surface area contributed by atoms with Crippen molar-refractivity contribution in [1.82, 2.24) is 9.97 Å². The van der Waals surface area contributed by atoms with Gasteiger partial charge in [0.1, 0.15) is 5.82 Å². The van der Waals surface area contributed by atoms with E-state index in [0.29, 0.717) is 42.1 Å². The van der Waals surface area contributed by atoms with E-state index in [1.165, 1.54) is 23.1 Å². The third-order valence-electron chi connectivity index (χ3n) is 5.20. The number of carbonyl (C=O) groups excluding carboxylic acids is 1. The number of carbonyl (C=O) groups is 1. The SMILES string of the molecule is O=CN(Cc1cccnc1)c1ccc(-c2ccc(F)c(F)c2)nc1NCCc1cccc(F)c1. The summed E-state index contributed by atoms with van der Waals surface area (Å²) >= 11 is 0. The van der Waals surface area contributed by atoms with Gasteiger partial charge in [0.05, 0.1) is 17.9 Å². The zero-order valence-corrected chi connectivity index (χ0v) is 18.1. The molecule has 2 heterocycles. The molecule has 34 heavy (non-hydrogen) atoms. The second kappa shape index (κ2) is 10.6. The van der Waals surface area contributed by atoms with Crippen molar-refractivity contribution in [3.63, 3.8) is 0 Å². The van der Waals surface area contributed by atoms with Gasteiger partial charge in [-0.1, -0.05) is 18.2 Å². The quantitative estimate of drug-likeness (QED) is 0.340. The van der Waals surface area contributed by atoms with Crippen LogP contribution in [0.25, 0.3) is 11.3 Å².